The molecule has 1 atom stereocenters. The van der Waals surface area contributed by atoms with E-state index in [1.165, 1.54) is 12.8 Å². The summed E-state index contributed by atoms with van der Waals surface area (Å²) in [5, 5.41) is 14.3. The SMILES string of the molecule is Cc1cc(Br)ccc1-c1noc(CC(O)C2CCCC2)n1. The maximum Gasteiger partial charge on any atom is 0.229 e. The minimum Gasteiger partial charge on any atom is -0.392 e. The molecule has 4 nitrogen and oxygen atoms in total. The van der Waals surface area contributed by atoms with Crippen LogP contribution in [0.4, 0.5) is 0 Å². The van der Waals surface area contributed by atoms with E-state index in [9.17, 15) is 5.11 Å². The number of nitrogens with zero attached hydrogens (tertiary/aromatic N) is 2. The molecule has 1 aliphatic carbocycles. The molecule has 1 aromatic heterocycles. The molecule has 1 aromatic carbocycles. The van der Waals surface area contributed by atoms with Crippen molar-refractivity contribution < 1.29 is 9.63 Å². The fourth-order valence-electron chi connectivity index (χ4n) is 3.01. The van der Waals surface area contributed by atoms with Crippen LogP contribution in [0, 0.1) is 12.8 Å². The molecule has 0 saturated heterocycles. The second kappa shape index (κ2) is 6.28. The number of rotatable bonds is 4. The average Bonchev–Trinajstić information content (AvgIpc) is 3.09. The van der Waals surface area contributed by atoms with Crippen molar-refractivity contribution >= 4 is 15.9 Å². The molecule has 1 heterocycles. The first-order chi connectivity index (χ1) is 10.1. The molecule has 2 aromatic rings. The summed E-state index contributed by atoms with van der Waals surface area (Å²) >= 11 is 3.45. The van der Waals surface area contributed by atoms with E-state index in [2.05, 4.69) is 26.1 Å². The van der Waals surface area contributed by atoms with E-state index in [0.29, 0.717) is 24.1 Å². The van der Waals surface area contributed by atoms with E-state index in [1.807, 2.05) is 25.1 Å². The second-order valence-corrected chi connectivity index (χ2v) is 6.70. The van der Waals surface area contributed by atoms with Crippen LogP contribution >= 0.6 is 15.9 Å². The number of benzene rings is 1. The molecule has 1 aliphatic rings. The van der Waals surface area contributed by atoms with E-state index < -0.39 is 0 Å². The highest BCUT2D eigenvalue weighted by Crippen LogP contribution is 2.29. The predicted octanol–water partition coefficient (Wildman–Crippen LogP) is 3.90. The fraction of sp³-hybridized carbons (Fsp3) is 0.500. The van der Waals surface area contributed by atoms with Crippen molar-refractivity contribution in [3.05, 3.63) is 34.1 Å². The third kappa shape index (κ3) is 3.35. The molecule has 0 amide bonds. The highest BCUT2D eigenvalue weighted by atomic mass is 79.9. The van der Waals surface area contributed by atoms with Crippen LogP contribution in [0.25, 0.3) is 11.4 Å². The van der Waals surface area contributed by atoms with Crippen molar-refractivity contribution in [3.8, 4) is 11.4 Å². The van der Waals surface area contributed by atoms with Gasteiger partial charge in [0.1, 0.15) is 0 Å². The van der Waals surface area contributed by atoms with Gasteiger partial charge in [0.2, 0.25) is 11.7 Å². The van der Waals surface area contributed by atoms with Crippen LogP contribution < -0.4 is 0 Å². The summed E-state index contributed by atoms with van der Waals surface area (Å²) in [5.74, 6) is 1.50. The van der Waals surface area contributed by atoms with E-state index in [0.717, 1.165) is 28.4 Å². The molecule has 3 rings (SSSR count). The molecule has 5 heteroatoms. The van der Waals surface area contributed by atoms with Gasteiger partial charge in [-0.05, 0) is 49.4 Å². The lowest BCUT2D eigenvalue weighted by atomic mass is 9.98. The summed E-state index contributed by atoms with van der Waals surface area (Å²) in [5.41, 5.74) is 2.05. The molecule has 21 heavy (non-hydrogen) atoms. The number of aromatic nitrogens is 2. The molecule has 1 N–H and O–H groups in total. The normalized spacial score (nSPS) is 17.3. The van der Waals surface area contributed by atoms with Gasteiger partial charge < -0.3 is 9.63 Å². The molecule has 0 bridgehead atoms. The Morgan fingerprint density at radius 1 is 1.38 bits per heavy atom. The molecule has 0 spiro atoms. The molecule has 1 unspecified atom stereocenters. The van der Waals surface area contributed by atoms with Gasteiger partial charge in [0.05, 0.1) is 12.5 Å². The monoisotopic (exact) mass is 350 g/mol. The zero-order chi connectivity index (χ0) is 14.8. The minimum absolute atomic E-state index is 0.369. The number of aryl methyl sites for hydroxylation is 1. The van der Waals surface area contributed by atoms with Crippen molar-refractivity contribution in [1.82, 2.24) is 10.1 Å². The summed E-state index contributed by atoms with van der Waals surface area (Å²) in [6.45, 7) is 2.02. The van der Waals surface area contributed by atoms with Crippen LogP contribution in [0.15, 0.2) is 27.2 Å². The van der Waals surface area contributed by atoms with E-state index in [1.54, 1.807) is 0 Å². The Kier molecular flexibility index (Phi) is 4.40. The summed E-state index contributed by atoms with van der Waals surface area (Å²) < 4.78 is 6.33. The third-order valence-electron chi connectivity index (χ3n) is 4.23. The van der Waals surface area contributed by atoms with Crippen LogP contribution in [0.1, 0.15) is 37.1 Å². The lowest BCUT2D eigenvalue weighted by molar-refractivity contribution is 0.102. The minimum atomic E-state index is -0.369. The van der Waals surface area contributed by atoms with Crippen LogP contribution in [0.5, 0.6) is 0 Å². The van der Waals surface area contributed by atoms with Gasteiger partial charge in [-0.3, -0.25) is 0 Å². The van der Waals surface area contributed by atoms with Gasteiger partial charge in [-0.25, -0.2) is 0 Å². The van der Waals surface area contributed by atoms with Crippen molar-refractivity contribution in [2.45, 2.75) is 45.1 Å². The maximum atomic E-state index is 10.2. The first-order valence-corrected chi connectivity index (χ1v) is 8.20. The second-order valence-electron chi connectivity index (χ2n) is 5.79. The van der Waals surface area contributed by atoms with Gasteiger partial charge in [0, 0.05) is 10.0 Å². The first kappa shape index (κ1) is 14.7. The number of aliphatic hydroxyl groups excluding tert-OH is 1. The van der Waals surface area contributed by atoms with Gasteiger partial charge in [-0.15, -0.1) is 0 Å². The Balaban J connectivity index is 1.73. The third-order valence-corrected chi connectivity index (χ3v) is 4.72. The molecular weight excluding hydrogens is 332 g/mol. The van der Waals surface area contributed by atoms with Gasteiger partial charge in [0.25, 0.3) is 0 Å². The Morgan fingerprint density at radius 2 is 2.14 bits per heavy atom. The molecule has 1 fully saturated rings. The Morgan fingerprint density at radius 3 is 2.86 bits per heavy atom. The van der Waals surface area contributed by atoms with Crippen LogP contribution in [-0.2, 0) is 6.42 Å². The molecule has 1 saturated carbocycles. The summed E-state index contributed by atoms with van der Waals surface area (Å²) in [6.07, 6.45) is 4.73. The number of halogens is 1. The van der Waals surface area contributed by atoms with Gasteiger partial charge in [-0.2, -0.15) is 4.98 Å². The average molecular weight is 351 g/mol. The topological polar surface area (TPSA) is 59.2 Å². The quantitative estimate of drug-likeness (QED) is 0.908. The van der Waals surface area contributed by atoms with E-state index >= 15 is 0 Å². The predicted molar refractivity (Wildman–Crippen MR) is 83.8 cm³/mol. The van der Waals surface area contributed by atoms with E-state index in [-0.39, 0.29) is 6.10 Å². The van der Waals surface area contributed by atoms with Gasteiger partial charge in [-0.1, -0.05) is 33.9 Å². The zero-order valence-electron chi connectivity index (χ0n) is 12.1. The van der Waals surface area contributed by atoms with Crippen molar-refractivity contribution in [2.75, 3.05) is 0 Å². The lowest BCUT2D eigenvalue weighted by Crippen LogP contribution is -2.20. The number of hydrogen-bond donors (Lipinski definition) is 1. The molecule has 0 radical (unpaired) electrons. The highest BCUT2D eigenvalue weighted by Gasteiger charge is 2.25. The highest BCUT2D eigenvalue weighted by molar-refractivity contribution is 9.10. The Labute approximate surface area is 132 Å². The van der Waals surface area contributed by atoms with E-state index in [4.69, 9.17) is 4.52 Å². The summed E-state index contributed by atoms with van der Waals surface area (Å²) in [4.78, 5) is 4.43. The van der Waals surface area contributed by atoms with Crippen LogP contribution in [0.2, 0.25) is 0 Å². The van der Waals surface area contributed by atoms with Crippen molar-refractivity contribution in [1.29, 1.82) is 0 Å². The van der Waals surface area contributed by atoms with Crippen LogP contribution in [0.3, 0.4) is 0 Å². The van der Waals surface area contributed by atoms with Crippen molar-refractivity contribution in [2.24, 2.45) is 5.92 Å². The smallest absolute Gasteiger partial charge is 0.229 e. The number of hydrogen-bond acceptors (Lipinski definition) is 4. The molecule has 0 aliphatic heterocycles. The van der Waals surface area contributed by atoms with Gasteiger partial charge in [0.15, 0.2) is 0 Å². The first-order valence-electron chi connectivity index (χ1n) is 7.40. The maximum absolute atomic E-state index is 10.2. The largest absolute Gasteiger partial charge is 0.392 e. The molecule has 112 valence electrons. The summed E-state index contributed by atoms with van der Waals surface area (Å²) in [7, 11) is 0. The Hall–Kier alpha value is -1.20. The van der Waals surface area contributed by atoms with Crippen LogP contribution in [-0.4, -0.2) is 21.4 Å². The molecular formula is C16H19BrN2O2. The van der Waals surface area contributed by atoms with Gasteiger partial charge >= 0.3 is 0 Å². The zero-order valence-corrected chi connectivity index (χ0v) is 13.6. The lowest BCUT2D eigenvalue weighted by Gasteiger charge is -2.14. The van der Waals surface area contributed by atoms with Crippen molar-refractivity contribution in [3.63, 3.8) is 0 Å². The number of aliphatic hydroxyl groups is 1. The standard InChI is InChI=1S/C16H19BrN2O2/c1-10-8-12(17)6-7-13(10)16-18-15(21-19-16)9-14(20)11-4-2-3-5-11/h6-8,11,14,20H,2-5,9H2,1H3. The fourth-order valence-corrected chi connectivity index (χ4v) is 3.49. The Bertz CT molecular complexity index is 620. The summed E-state index contributed by atoms with van der Waals surface area (Å²) in [6, 6.07) is 5.96.